The number of pyridine rings is 1. The van der Waals surface area contributed by atoms with Crippen molar-refractivity contribution in [3.8, 4) is 0 Å². The van der Waals surface area contributed by atoms with Gasteiger partial charge in [0, 0.05) is 32.0 Å². The number of hydrogen-bond donors (Lipinski definition) is 1. The van der Waals surface area contributed by atoms with Crippen LogP contribution >= 0.6 is 0 Å². The van der Waals surface area contributed by atoms with Crippen molar-refractivity contribution in [3.05, 3.63) is 30.1 Å². The molecule has 0 aliphatic heterocycles. The van der Waals surface area contributed by atoms with Crippen LogP contribution in [0.2, 0.25) is 0 Å². The summed E-state index contributed by atoms with van der Waals surface area (Å²) < 4.78 is 49.5. The van der Waals surface area contributed by atoms with Crippen LogP contribution in [0.15, 0.2) is 24.5 Å². The Labute approximate surface area is 120 Å². The van der Waals surface area contributed by atoms with Crippen molar-refractivity contribution < 1.29 is 16.8 Å². The average molecular weight is 321 g/mol. The van der Waals surface area contributed by atoms with Gasteiger partial charge < -0.3 is 0 Å². The van der Waals surface area contributed by atoms with Gasteiger partial charge in [-0.3, -0.25) is 4.98 Å². The smallest absolute Gasteiger partial charge is 0.211 e. The lowest BCUT2D eigenvalue weighted by Crippen LogP contribution is -2.38. The van der Waals surface area contributed by atoms with Crippen LogP contribution in [0.5, 0.6) is 0 Å². The number of rotatable bonds is 8. The van der Waals surface area contributed by atoms with E-state index in [9.17, 15) is 16.8 Å². The monoisotopic (exact) mass is 321 g/mol. The van der Waals surface area contributed by atoms with Crippen molar-refractivity contribution in [1.82, 2.24) is 14.0 Å². The second kappa shape index (κ2) is 7.11. The molecular formula is C11H19N3O4S2. The maximum atomic E-state index is 11.7. The number of nitrogens with zero attached hydrogens (tertiary/aromatic N) is 2. The number of sulfonamides is 2. The summed E-state index contributed by atoms with van der Waals surface area (Å²) in [5.74, 6) is -0.0333. The third-order valence-corrected chi connectivity index (χ3v) is 5.27. The molecule has 1 rings (SSSR count). The Morgan fingerprint density at radius 3 is 2.50 bits per heavy atom. The van der Waals surface area contributed by atoms with Crippen LogP contribution in [-0.4, -0.2) is 51.2 Å². The Balaban J connectivity index is 2.68. The Kier molecular flexibility index (Phi) is 6.06. The molecule has 20 heavy (non-hydrogen) atoms. The molecule has 1 aromatic heterocycles. The van der Waals surface area contributed by atoms with Gasteiger partial charge in [0.2, 0.25) is 20.0 Å². The molecule has 0 aliphatic carbocycles. The van der Waals surface area contributed by atoms with Crippen LogP contribution in [0.1, 0.15) is 12.5 Å². The second-order valence-electron chi connectivity index (χ2n) is 4.26. The molecule has 0 fully saturated rings. The second-order valence-corrected chi connectivity index (χ2v) is 8.33. The van der Waals surface area contributed by atoms with Gasteiger partial charge in [0.25, 0.3) is 0 Å². The quantitative estimate of drug-likeness (QED) is 0.714. The zero-order valence-electron chi connectivity index (χ0n) is 11.5. The minimum Gasteiger partial charge on any atom is -0.264 e. The molecule has 0 atom stereocenters. The van der Waals surface area contributed by atoms with E-state index in [0.29, 0.717) is 0 Å². The minimum absolute atomic E-state index is 0.0333. The molecule has 9 heteroatoms. The average Bonchev–Trinajstić information content (AvgIpc) is 2.37. The van der Waals surface area contributed by atoms with E-state index in [0.717, 1.165) is 11.8 Å². The molecule has 0 amide bonds. The maximum Gasteiger partial charge on any atom is 0.211 e. The molecule has 0 bridgehead atoms. The maximum absolute atomic E-state index is 11.7. The van der Waals surface area contributed by atoms with Crippen molar-refractivity contribution in [3.63, 3.8) is 0 Å². The topological polar surface area (TPSA) is 96.4 Å². The molecule has 1 aromatic rings. The van der Waals surface area contributed by atoms with Crippen molar-refractivity contribution in [2.75, 3.05) is 25.1 Å². The van der Waals surface area contributed by atoms with Crippen LogP contribution in [0.25, 0.3) is 0 Å². The highest BCUT2D eigenvalue weighted by Gasteiger charge is 2.17. The fraction of sp³-hybridized carbons (Fsp3) is 0.545. The van der Waals surface area contributed by atoms with E-state index >= 15 is 0 Å². The van der Waals surface area contributed by atoms with Gasteiger partial charge in [-0.15, -0.1) is 0 Å². The molecule has 7 nitrogen and oxygen atoms in total. The van der Waals surface area contributed by atoms with Crippen molar-refractivity contribution >= 4 is 20.0 Å². The Morgan fingerprint density at radius 1 is 1.30 bits per heavy atom. The highest BCUT2D eigenvalue weighted by atomic mass is 32.2. The van der Waals surface area contributed by atoms with Crippen molar-refractivity contribution in [1.29, 1.82) is 0 Å². The van der Waals surface area contributed by atoms with Gasteiger partial charge in [-0.2, -0.15) is 4.31 Å². The molecule has 0 saturated carbocycles. The van der Waals surface area contributed by atoms with E-state index < -0.39 is 20.0 Å². The fourth-order valence-corrected chi connectivity index (χ4v) is 2.90. The first kappa shape index (κ1) is 17.0. The first-order valence-corrected chi connectivity index (χ1v) is 9.56. The summed E-state index contributed by atoms with van der Waals surface area (Å²) in [6, 6.07) is 3.48. The first-order chi connectivity index (χ1) is 9.24. The molecule has 0 spiro atoms. The van der Waals surface area contributed by atoms with Crippen molar-refractivity contribution in [2.24, 2.45) is 0 Å². The lowest BCUT2D eigenvalue weighted by Gasteiger charge is -2.20. The Hall–Kier alpha value is -1.03. The van der Waals surface area contributed by atoms with Gasteiger partial charge in [0.15, 0.2) is 0 Å². The molecule has 114 valence electrons. The van der Waals surface area contributed by atoms with Crippen LogP contribution in [0.4, 0.5) is 0 Å². The third-order valence-electron chi connectivity index (χ3n) is 2.61. The molecule has 1 N–H and O–H groups in total. The number of nitrogens with one attached hydrogen (secondary N) is 1. The molecular weight excluding hydrogens is 302 g/mol. The van der Waals surface area contributed by atoms with Crippen LogP contribution in [0.3, 0.4) is 0 Å². The Morgan fingerprint density at radius 2 is 2.00 bits per heavy atom. The highest BCUT2D eigenvalue weighted by molar-refractivity contribution is 7.89. The van der Waals surface area contributed by atoms with Gasteiger partial charge >= 0.3 is 0 Å². The van der Waals surface area contributed by atoms with Crippen LogP contribution in [-0.2, 0) is 26.6 Å². The summed E-state index contributed by atoms with van der Waals surface area (Å²) in [5, 5.41) is 0. The number of hydrogen-bond acceptors (Lipinski definition) is 5. The first-order valence-electron chi connectivity index (χ1n) is 6.06. The number of aromatic nitrogens is 1. The van der Waals surface area contributed by atoms with E-state index in [4.69, 9.17) is 0 Å². The van der Waals surface area contributed by atoms with Gasteiger partial charge in [-0.25, -0.2) is 21.6 Å². The van der Waals surface area contributed by atoms with Gasteiger partial charge in [0.05, 0.1) is 12.0 Å². The SMILES string of the molecule is CCS(=O)(=O)NCCN(Cc1cccnc1)S(C)(=O)=O. The van der Waals surface area contributed by atoms with E-state index in [1.54, 1.807) is 24.5 Å². The summed E-state index contributed by atoms with van der Waals surface area (Å²) in [5.41, 5.74) is 0.747. The van der Waals surface area contributed by atoms with E-state index in [2.05, 4.69) is 9.71 Å². The summed E-state index contributed by atoms with van der Waals surface area (Å²) >= 11 is 0. The van der Waals surface area contributed by atoms with Gasteiger partial charge in [0.1, 0.15) is 0 Å². The summed E-state index contributed by atoms with van der Waals surface area (Å²) in [6.45, 7) is 1.81. The predicted octanol–water partition coefficient (Wildman–Crippen LogP) is -0.217. The largest absolute Gasteiger partial charge is 0.264 e. The zero-order chi connectivity index (χ0) is 15.2. The minimum atomic E-state index is -3.42. The molecule has 0 radical (unpaired) electrons. The normalized spacial score (nSPS) is 12.8. The van der Waals surface area contributed by atoms with Crippen LogP contribution in [0, 0.1) is 0 Å². The Bertz CT molecular complexity index is 614. The highest BCUT2D eigenvalue weighted by Crippen LogP contribution is 2.06. The van der Waals surface area contributed by atoms with Crippen molar-refractivity contribution in [2.45, 2.75) is 13.5 Å². The lowest BCUT2D eigenvalue weighted by atomic mass is 10.3. The standard InChI is InChI=1S/C11H19N3O4S2/c1-3-20(17,18)13-7-8-14(19(2,15)16)10-11-5-4-6-12-9-11/h4-6,9,13H,3,7-8,10H2,1-2H3. The third kappa shape index (κ3) is 5.95. The van der Waals surface area contributed by atoms with E-state index in [1.807, 2.05) is 0 Å². The van der Waals surface area contributed by atoms with Gasteiger partial charge in [-0.05, 0) is 18.6 Å². The van der Waals surface area contributed by atoms with E-state index in [1.165, 1.54) is 11.2 Å². The molecule has 0 aliphatic rings. The van der Waals surface area contributed by atoms with E-state index in [-0.39, 0.29) is 25.4 Å². The predicted molar refractivity (Wildman–Crippen MR) is 77.0 cm³/mol. The summed E-state index contributed by atoms with van der Waals surface area (Å²) in [4.78, 5) is 3.92. The summed E-state index contributed by atoms with van der Waals surface area (Å²) in [7, 11) is -6.73. The van der Waals surface area contributed by atoms with Crippen LogP contribution < -0.4 is 4.72 Å². The molecule has 0 saturated heterocycles. The molecule has 0 unspecified atom stereocenters. The fourth-order valence-electron chi connectivity index (χ4n) is 1.49. The molecule has 1 heterocycles. The summed E-state index contributed by atoms with van der Waals surface area (Å²) in [6.07, 6.45) is 4.27. The molecule has 0 aromatic carbocycles. The zero-order valence-corrected chi connectivity index (χ0v) is 13.1. The lowest BCUT2D eigenvalue weighted by molar-refractivity contribution is 0.412. The van der Waals surface area contributed by atoms with Gasteiger partial charge in [-0.1, -0.05) is 6.07 Å².